The number of hydrogen-bond acceptors (Lipinski definition) is 2. The molecule has 1 heterocycles. The highest BCUT2D eigenvalue weighted by Gasteiger charge is 2.17. The van der Waals surface area contributed by atoms with Crippen LogP contribution in [0, 0.1) is 0 Å². The fourth-order valence-corrected chi connectivity index (χ4v) is 3.89. The van der Waals surface area contributed by atoms with Gasteiger partial charge in [-0.15, -0.1) is 0 Å². The van der Waals surface area contributed by atoms with Gasteiger partial charge in [-0.1, -0.05) is 55.8 Å². The largest absolute Gasteiger partial charge is 0.467 e. The highest BCUT2D eigenvalue weighted by Crippen LogP contribution is 2.19. The van der Waals surface area contributed by atoms with Crippen molar-refractivity contribution < 1.29 is 4.42 Å². The summed E-state index contributed by atoms with van der Waals surface area (Å²) in [7, 11) is 0. The normalized spacial score (nSPS) is 15.9. The van der Waals surface area contributed by atoms with E-state index in [0.29, 0.717) is 12.6 Å². The lowest BCUT2D eigenvalue weighted by Crippen LogP contribution is -2.44. The Labute approximate surface area is 166 Å². The van der Waals surface area contributed by atoms with Crippen LogP contribution in [0.5, 0.6) is 0 Å². The summed E-state index contributed by atoms with van der Waals surface area (Å²) in [5, 5.41) is 5.18. The predicted molar refractivity (Wildman–Crippen MR) is 111 cm³/mol. The third-order valence-corrected chi connectivity index (χ3v) is 5.56. The molecule has 1 N–H and O–H groups in total. The number of halogens is 1. The van der Waals surface area contributed by atoms with Gasteiger partial charge in [-0.25, -0.2) is 0 Å². The average molecular weight is 391 g/mol. The minimum atomic E-state index is 0.479. The maximum absolute atomic E-state index is 6.02. The molecule has 3 rings (SSSR count). The van der Waals surface area contributed by atoms with E-state index in [1.54, 1.807) is 6.26 Å². The topological polar surface area (TPSA) is 28.4 Å². The van der Waals surface area contributed by atoms with E-state index < -0.39 is 0 Å². The molecule has 1 saturated carbocycles. The van der Waals surface area contributed by atoms with Crippen LogP contribution in [0.1, 0.15) is 56.3 Å². The minimum absolute atomic E-state index is 0.479. The first-order valence-electron chi connectivity index (χ1n) is 9.53. The minimum Gasteiger partial charge on any atom is -0.467 e. The van der Waals surface area contributed by atoms with Crippen molar-refractivity contribution in [1.82, 2.24) is 10.2 Å². The van der Waals surface area contributed by atoms with Crippen molar-refractivity contribution in [3.05, 3.63) is 59.0 Å². The molecular weight excluding hydrogens is 364 g/mol. The van der Waals surface area contributed by atoms with Gasteiger partial charge in [-0.3, -0.25) is 0 Å². The second-order valence-electron chi connectivity index (χ2n) is 7.05. The van der Waals surface area contributed by atoms with Crippen molar-refractivity contribution in [1.29, 1.82) is 0 Å². The summed E-state index contributed by atoms with van der Waals surface area (Å²) in [6.07, 6.45) is 10.7. The Balaban J connectivity index is 1.66. The zero-order valence-corrected chi connectivity index (χ0v) is 16.7. The summed E-state index contributed by atoms with van der Waals surface area (Å²) in [6.45, 7) is 1.39. The van der Waals surface area contributed by atoms with E-state index in [1.807, 2.05) is 24.3 Å². The molecule has 140 valence electrons. The molecular formula is C21H27ClN2OS. The third kappa shape index (κ3) is 6.03. The molecule has 0 atom stereocenters. The van der Waals surface area contributed by atoms with Gasteiger partial charge in [0.25, 0.3) is 0 Å². The number of hydrogen-bond donors (Lipinski definition) is 1. The molecule has 2 aromatic rings. The van der Waals surface area contributed by atoms with Gasteiger partial charge >= 0.3 is 0 Å². The molecule has 0 aliphatic heterocycles. The molecule has 0 spiro atoms. The molecule has 0 radical (unpaired) electrons. The molecule has 0 saturated heterocycles. The van der Waals surface area contributed by atoms with Crippen LogP contribution in [-0.2, 0) is 13.1 Å². The number of nitrogens with one attached hydrogen (secondary N) is 1. The van der Waals surface area contributed by atoms with Gasteiger partial charge in [0.2, 0.25) is 0 Å². The maximum atomic E-state index is 6.02. The molecule has 0 unspecified atom stereocenters. The van der Waals surface area contributed by atoms with E-state index in [1.165, 1.54) is 50.5 Å². The highest BCUT2D eigenvalue weighted by atomic mass is 35.5. The van der Waals surface area contributed by atoms with Crippen LogP contribution in [0.2, 0.25) is 5.02 Å². The average Bonchev–Trinajstić information content (AvgIpc) is 3.11. The van der Waals surface area contributed by atoms with Crippen molar-refractivity contribution in [2.24, 2.45) is 0 Å². The molecule has 1 aliphatic carbocycles. The van der Waals surface area contributed by atoms with Gasteiger partial charge in [0, 0.05) is 17.6 Å². The fourth-order valence-electron chi connectivity index (χ4n) is 3.47. The Kier molecular flexibility index (Phi) is 7.39. The Morgan fingerprint density at radius 3 is 2.38 bits per heavy atom. The van der Waals surface area contributed by atoms with Gasteiger partial charge in [0.15, 0.2) is 5.11 Å². The lowest BCUT2D eigenvalue weighted by atomic mass is 9.97. The number of rotatable bonds is 5. The van der Waals surface area contributed by atoms with E-state index >= 15 is 0 Å². The maximum Gasteiger partial charge on any atom is 0.169 e. The van der Waals surface area contributed by atoms with Gasteiger partial charge in [0.05, 0.1) is 12.8 Å². The smallest absolute Gasteiger partial charge is 0.169 e. The van der Waals surface area contributed by atoms with Crippen LogP contribution in [-0.4, -0.2) is 16.1 Å². The molecule has 5 heteroatoms. The lowest BCUT2D eigenvalue weighted by molar-refractivity contribution is 0.338. The second-order valence-corrected chi connectivity index (χ2v) is 7.88. The zero-order valence-electron chi connectivity index (χ0n) is 15.1. The van der Waals surface area contributed by atoms with Gasteiger partial charge in [0.1, 0.15) is 5.76 Å². The van der Waals surface area contributed by atoms with E-state index in [2.05, 4.69) is 22.3 Å². The summed E-state index contributed by atoms with van der Waals surface area (Å²) in [5.41, 5.74) is 1.18. The van der Waals surface area contributed by atoms with Crippen LogP contribution >= 0.6 is 23.8 Å². The predicted octanol–water partition coefficient (Wildman–Crippen LogP) is 5.92. The number of furan rings is 1. The molecule has 1 aromatic carbocycles. The molecule has 26 heavy (non-hydrogen) atoms. The molecule has 0 amide bonds. The van der Waals surface area contributed by atoms with Crippen molar-refractivity contribution in [2.75, 3.05) is 0 Å². The van der Waals surface area contributed by atoms with E-state index in [4.69, 9.17) is 28.2 Å². The second kappa shape index (κ2) is 9.98. The van der Waals surface area contributed by atoms with E-state index in [-0.39, 0.29) is 0 Å². The Hall–Kier alpha value is -1.52. The summed E-state index contributed by atoms with van der Waals surface area (Å²) >= 11 is 11.8. The summed E-state index contributed by atoms with van der Waals surface area (Å²) in [4.78, 5) is 2.18. The quantitative estimate of drug-likeness (QED) is 0.641. The Bertz CT molecular complexity index is 664. The standard InChI is InChI=1S/C21H27ClN2OS/c22-18-12-10-17(11-13-18)15-24(16-20-9-6-14-25-20)21(26)23-19-7-4-2-1-3-5-8-19/h6,9-14,19H,1-5,7-8,15-16H2,(H,23,26). The number of benzene rings is 1. The summed E-state index contributed by atoms with van der Waals surface area (Å²) in [6, 6.07) is 12.3. The lowest BCUT2D eigenvalue weighted by Gasteiger charge is -2.29. The van der Waals surface area contributed by atoms with Gasteiger partial charge in [-0.2, -0.15) is 0 Å². The first-order valence-corrected chi connectivity index (χ1v) is 10.3. The van der Waals surface area contributed by atoms with Crippen LogP contribution in [0.15, 0.2) is 47.1 Å². The van der Waals surface area contributed by atoms with Crippen molar-refractivity contribution in [3.8, 4) is 0 Å². The Morgan fingerprint density at radius 1 is 1.04 bits per heavy atom. The van der Waals surface area contributed by atoms with Crippen LogP contribution in [0.25, 0.3) is 0 Å². The van der Waals surface area contributed by atoms with Crippen molar-refractivity contribution >= 4 is 28.9 Å². The monoisotopic (exact) mass is 390 g/mol. The number of nitrogens with zero attached hydrogens (tertiary/aromatic N) is 1. The molecule has 1 aromatic heterocycles. The highest BCUT2D eigenvalue weighted by molar-refractivity contribution is 7.80. The SMILES string of the molecule is S=C(NC1CCCCCCC1)N(Cc1ccc(Cl)cc1)Cc1ccco1. The first-order chi connectivity index (χ1) is 12.7. The fraction of sp³-hybridized carbons (Fsp3) is 0.476. The van der Waals surface area contributed by atoms with Crippen molar-refractivity contribution in [2.45, 2.75) is 64.1 Å². The first kappa shape index (κ1) is 19.2. The van der Waals surface area contributed by atoms with Gasteiger partial charge in [-0.05, 0) is 54.9 Å². The van der Waals surface area contributed by atoms with Gasteiger partial charge < -0.3 is 14.6 Å². The van der Waals surface area contributed by atoms with Crippen LogP contribution < -0.4 is 5.32 Å². The Morgan fingerprint density at radius 2 is 1.73 bits per heavy atom. The van der Waals surface area contributed by atoms with Crippen molar-refractivity contribution in [3.63, 3.8) is 0 Å². The molecule has 3 nitrogen and oxygen atoms in total. The molecule has 1 fully saturated rings. The van der Waals surface area contributed by atoms with Crippen LogP contribution in [0.4, 0.5) is 0 Å². The summed E-state index contributed by atoms with van der Waals surface area (Å²) in [5.74, 6) is 0.917. The molecule has 0 bridgehead atoms. The summed E-state index contributed by atoms with van der Waals surface area (Å²) < 4.78 is 5.55. The van der Waals surface area contributed by atoms with E-state index in [0.717, 1.165) is 22.4 Å². The van der Waals surface area contributed by atoms with Crippen LogP contribution in [0.3, 0.4) is 0 Å². The van der Waals surface area contributed by atoms with E-state index in [9.17, 15) is 0 Å². The number of thiocarbonyl (C=S) groups is 1. The third-order valence-electron chi connectivity index (χ3n) is 4.93. The molecule has 1 aliphatic rings. The zero-order chi connectivity index (χ0) is 18.2.